The highest BCUT2D eigenvalue weighted by Gasteiger charge is 2.32. The van der Waals surface area contributed by atoms with Gasteiger partial charge >= 0.3 is 12.1 Å². The van der Waals surface area contributed by atoms with E-state index in [2.05, 4.69) is 10.1 Å². The van der Waals surface area contributed by atoms with E-state index in [0.29, 0.717) is 6.20 Å². The van der Waals surface area contributed by atoms with Gasteiger partial charge in [0.2, 0.25) is 0 Å². The van der Waals surface area contributed by atoms with Gasteiger partial charge in [0, 0.05) is 12.4 Å². The van der Waals surface area contributed by atoms with Crippen LogP contribution in [-0.4, -0.2) is 25.8 Å². The average Bonchev–Trinajstić information content (AvgIpc) is 2.76. The quantitative estimate of drug-likeness (QED) is 0.909. The topological polar surface area (TPSA) is 68.0 Å². The number of hydrogen-bond donors (Lipinski definition) is 1. The maximum absolute atomic E-state index is 12.6. The van der Waals surface area contributed by atoms with Gasteiger partial charge < -0.3 is 5.11 Å². The van der Waals surface area contributed by atoms with Crippen LogP contribution in [0.15, 0.2) is 24.7 Å². The minimum Gasteiger partial charge on any atom is -0.478 e. The van der Waals surface area contributed by atoms with Gasteiger partial charge in [-0.1, -0.05) is 0 Å². The predicted octanol–water partition coefficient (Wildman–Crippen LogP) is 2.29. The second-order valence-electron chi connectivity index (χ2n) is 3.83. The fourth-order valence-electron chi connectivity index (χ4n) is 1.52. The highest BCUT2D eigenvalue weighted by atomic mass is 19.4. The number of aromatic carboxylic acids is 1. The lowest BCUT2D eigenvalue weighted by atomic mass is 10.1. The van der Waals surface area contributed by atoms with E-state index in [9.17, 15) is 18.0 Å². The predicted molar refractivity (Wildman–Crippen MR) is 58.1 cm³/mol. The number of pyridine rings is 1. The first-order chi connectivity index (χ1) is 8.79. The molecule has 0 fully saturated rings. The third kappa shape index (κ3) is 2.56. The number of halogens is 3. The summed E-state index contributed by atoms with van der Waals surface area (Å²) in [7, 11) is 0. The normalized spacial score (nSPS) is 11.6. The van der Waals surface area contributed by atoms with Gasteiger partial charge in [0.15, 0.2) is 5.82 Å². The molecular weight excluding hydrogens is 263 g/mol. The molecule has 0 saturated carbocycles. The third-order valence-corrected chi connectivity index (χ3v) is 2.47. The second-order valence-corrected chi connectivity index (χ2v) is 3.83. The Morgan fingerprint density at radius 2 is 2.05 bits per heavy atom. The molecule has 0 aromatic carbocycles. The summed E-state index contributed by atoms with van der Waals surface area (Å²) in [5, 5.41) is 12.5. The molecule has 19 heavy (non-hydrogen) atoms. The molecule has 0 bridgehead atoms. The van der Waals surface area contributed by atoms with Crippen molar-refractivity contribution < 1.29 is 23.1 Å². The number of carboxylic acids is 1. The highest BCUT2D eigenvalue weighted by molar-refractivity contribution is 5.86. The zero-order valence-electron chi connectivity index (χ0n) is 9.64. The molecule has 0 amide bonds. The van der Waals surface area contributed by atoms with E-state index in [1.54, 1.807) is 0 Å². The van der Waals surface area contributed by atoms with Crippen LogP contribution in [0.1, 0.15) is 21.5 Å². The van der Waals surface area contributed by atoms with Crippen LogP contribution in [0.25, 0.3) is 5.82 Å². The molecule has 1 N–H and O–H groups in total. The number of nitrogens with zero attached hydrogens (tertiary/aromatic N) is 3. The van der Waals surface area contributed by atoms with Gasteiger partial charge in [0.05, 0.1) is 17.3 Å². The van der Waals surface area contributed by atoms with E-state index in [-0.39, 0.29) is 16.9 Å². The van der Waals surface area contributed by atoms with Crippen molar-refractivity contribution in [3.8, 4) is 5.82 Å². The molecule has 0 aliphatic heterocycles. The number of aryl methyl sites for hydroxylation is 1. The van der Waals surface area contributed by atoms with Crippen LogP contribution in [0.2, 0.25) is 0 Å². The standard InChI is InChI=1S/C11H8F3N3O2/c1-6-2-9(15-4-8(6)11(12,13)14)17-5-7(3-16-17)10(18)19/h2-5H,1H3,(H,18,19). The summed E-state index contributed by atoms with van der Waals surface area (Å²) in [6.45, 7) is 1.30. The SMILES string of the molecule is Cc1cc(-n2cc(C(=O)O)cn2)ncc1C(F)(F)F. The van der Waals surface area contributed by atoms with Crippen LogP contribution in [0.5, 0.6) is 0 Å². The van der Waals surface area contributed by atoms with Crippen LogP contribution in [0.4, 0.5) is 13.2 Å². The number of carbonyl (C=O) groups is 1. The Morgan fingerprint density at radius 1 is 1.37 bits per heavy atom. The first-order valence-electron chi connectivity index (χ1n) is 5.11. The van der Waals surface area contributed by atoms with Crippen LogP contribution in [-0.2, 0) is 6.18 Å². The summed E-state index contributed by atoms with van der Waals surface area (Å²) < 4.78 is 38.8. The molecule has 5 nitrogen and oxygen atoms in total. The molecule has 8 heteroatoms. The lowest BCUT2D eigenvalue weighted by Gasteiger charge is -2.10. The van der Waals surface area contributed by atoms with E-state index in [0.717, 1.165) is 10.9 Å². The molecule has 2 heterocycles. The molecule has 0 aliphatic rings. The summed E-state index contributed by atoms with van der Waals surface area (Å²) >= 11 is 0. The molecule has 0 saturated heterocycles. The highest BCUT2D eigenvalue weighted by Crippen LogP contribution is 2.31. The van der Waals surface area contributed by atoms with Gasteiger partial charge in [0.25, 0.3) is 0 Å². The largest absolute Gasteiger partial charge is 0.478 e. The average molecular weight is 271 g/mol. The van der Waals surface area contributed by atoms with E-state index < -0.39 is 17.7 Å². The van der Waals surface area contributed by atoms with E-state index in [4.69, 9.17) is 5.11 Å². The molecule has 100 valence electrons. The molecule has 0 aliphatic carbocycles. The Morgan fingerprint density at radius 3 is 2.53 bits per heavy atom. The van der Waals surface area contributed by atoms with Crippen molar-refractivity contribution in [1.82, 2.24) is 14.8 Å². The van der Waals surface area contributed by atoms with Crippen molar-refractivity contribution in [1.29, 1.82) is 0 Å². The van der Waals surface area contributed by atoms with Crippen LogP contribution < -0.4 is 0 Å². The summed E-state index contributed by atoms with van der Waals surface area (Å²) in [4.78, 5) is 14.3. The van der Waals surface area contributed by atoms with Crippen LogP contribution in [0, 0.1) is 6.92 Å². The van der Waals surface area contributed by atoms with Crippen LogP contribution >= 0.6 is 0 Å². The van der Waals surface area contributed by atoms with E-state index in [1.807, 2.05) is 0 Å². The number of alkyl halides is 3. The van der Waals surface area contributed by atoms with Crippen molar-refractivity contribution >= 4 is 5.97 Å². The van der Waals surface area contributed by atoms with Gasteiger partial charge in [-0.05, 0) is 18.6 Å². The number of rotatable bonds is 2. The Hall–Kier alpha value is -2.38. The van der Waals surface area contributed by atoms with Crippen molar-refractivity contribution in [2.24, 2.45) is 0 Å². The fraction of sp³-hybridized carbons (Fsp3) is 0.182. The monoisotopic (exact) mass is 271 g/mol. The molecule has 2 rings (SSSR count). The summed E-state index contributed by atoms with van der Waals surface area (Å²) in [5.74, 6) is -1.05. The Kier molecular flexibility index (Phi) is 3.01. The minimum absolute atomic E-state index is 0.00937. The lowest BCUT2D eigenvalue weighted by molar-refractivity contribution is -0.138. The van der Waals surface area contributed by atoms with Crippen LogP contribution in [0.3, 0.4) is 0 Å². The molecule has 2 aromatic rings. The molecule has 0 radical (unpaired) electrons. The van der Waals surface area contributed by atoms with Gasteiger partial charge in [-0.25, -0.2) is 14.5 Å². The number of carboxylic acid groups (broad SMARTS) is 1. The summed E-state index contributed by atoms with van der Waals surface area (Å²) in [6.07, 6.45) is -1.49. The third-order valence-electron chi connectivity index (χ3n) is 2.47. The molecule has 0 unspecified atom stereocenters. The maximum atomic E-state index is 12.6. The van der Waals surface area contributed by atoms with Gasteiger partial charge in [0.1, 0.15) is 0 Å². The fourth-order valence-corrected chi connectivity index (χ4v) is 1.52. The number of hydrogen-bond acceptors (Lipinski definition) is 3. The van der Waals surface area contributed by atoms with Crippen molar-refractivity contribution in [2.45, 2.75) is 13.1 Å². The summed E-state index contributed by atoms with van der Waals surface area (Å²) in [6, 6.07) is 1.20. The maximum Gasteiger partial charge on any atom is 0.418 e. The van der Waals surface area contributed by atoms with Crippen molar-refractivity contribution in [2.75, 3.05) is 0 Å². The van der Waals surface area contributed by atoms with Gasteiger partial charge in [-0.2, -0.15) is 18.3 Å². The summed E-state index contributed by atoms with van der Waals surface area (Å²) in [5.41, 5.74) is -0.911. The Balaban J connectivity index is 2.41. The van der Waals surface area contributed by atoms with E-state index in [1.165, 1.54) is 19.2 Å². The van der Waals surface area contributed by atoms with E-state index >= 15 is 0 Å². The second kappa shape index (κ2) is 4.38. The molecule has 2 aromatic heterocycles. The van der Waals surface area contributed by atoms with Crippen molar-refractivity contribution in [3.05, 3.63) is 41.3 Å². The zero-order valence-corrected chi connectivity index (χ0v) is 9.64. The van der Waals surface area contributed by atoms with Gasteiger partial charge in [-0.15, -0.1) is 0 Å². The Labute approximate surface area is 105 Å². The van der Waals surface area contributed by atoms with Crippen molar-refractivity contribution in [3.63, 3.8) is 0 Å². The molecular formula is C11H8F3N3O2. The molecule has 0 spiro atoms. The number of aromatic nitrogens is 3. The lowest BCUT2D eigenvalue weighted by Crippen LogP contribution is -2.10. The van der Waals surface area contributed by atoms with Gasteiger partial charge in [-0.3, -0.25) is 0 Å². The first-order valence-corrected chi connectivity index (χ1v) is 5.11. The Bertz CT molecular complexity index is 634. The molecule has 0 atom stereocenters. The smallest absolute Gasteiger partial charge is 0.418 e. The zero-order chi connectivity index (χ0) is 14.2. The first kappa shape index (κ1) is 13.1. The minimum atomic E-state index is -4.47.